The molecule has 0 aliphatic carbocycles. The van der Waals surface area contributed by atoms with Gasteiger partial charge in [-0.1, -0.05) is 23.2 Å². The summed E-state index contributed by atoms with van der Waals surface area (Å²) in [5.74, 6) is -0.507. The van der Waals surface area contributed by atoms with Gasteiger partial charge in [-0.3, -0.25) is 0 Å². The van der Waals surface area contributed by atoms with Gasteiger partial charge in [-0.25, -0.2) is 0 Å². The summed E-state index contributed by atoms with van der Waals surface area (Å²) in [6.07, 6.45) is 0. The molecule has 1 N–H and O–H groups in total. The molecule has 5 heteroatoms. The van der Waals surface area contributed by atoms with Gasteiger partial charge in [0.05, 0.1) is 30.0 Å². The minimum Gasteiger partial charge on any atom is -0.376 e. The fourth-order valence-corrected chi connectivity index (χ4v) is 2.19. The molecule has 3 nitrogen and oxygen atoms in total. The molecule has 1 aliphatic heterocycles. The van der Waals surface area contributed by atoms with Gasteiger partial charge in [0.1, 0.15) is 0 Å². The Balaban J connectivity index is 2.04. The van der Waals surface area contributed by atoms with Gasteiger partial charge in [0.15, 0.2) is 5.79 Å². The third-order valence-corrected chi connectivity index (χ3v) is 3.59. The van der Waals surface area contributed by atoms with E-state index >= 15 is 0 Å². The predicted molar refractivity (Wildman–Crippen MR) is 74.6 cm³/mol. The van der Waals surface area contributed by atoms with Crippen LogP contribution in [-0.4, -0.2) is 25.0 Å². The Labute approximate surface area is 117 Å². The molecule has 1 aromatic rings. The minimum atomic E-state index is -0.507. The average Bonchev–Trinajstić information content (AvgIpc) is 2.28. The second-order valence-electron chi connectivity index (χ2n) is 4.94. The molecule has 0 bridgehead atoms. The minimum absolute atomic E-state index is 0.0781. The molecule has 1 heterocycles. The largest absolute Gasteiger partial charge is 0.376 e. The van der Waals surface area contributed by atoms with Crippen LogP contribution in [0, 0.1) is 6.92 Å². The second kappa shape index (κ2) is 5.25. The van der Waals surface area contributed by atoms with E-state index in [2.05, 4.69) is 5.32 Å². The van der Waals surface area contributed by atoms with Gasteiger partial charge in [-0.15, -0.1) is 0 Å². The number of hydrogen-bond acceptors (Lipinski definition) is 3. The lowest BCUT2D eigenvalue weighted by molar-refractivity contribution is -0.247. The highest BCUT2D eigenvalue weighted by molar-refractivity contribution is 6.35. The van der Waals surface area contributed by atoms with Crippen molar-refractivity contribution in [3.05, 3.63) is 27.7 Å². The normalized spacial score (nSPS) is 19.8. The Morgan fingerprint density at radius 3 is 2.39 bits per heavy atom. The predicted octanol–water partition coefficient (Wildman–Crippen LogP) is 3.87. The molecule has 0 radical (unpaired) electrons. The lowest BCUT2D eigenvalue weighted by atomic mass is 10.2. The number of anilines is 1. The van der Waals surface area contributed by atoms with E-state index in [0.717, 1.165) is 11.3 Å². The lowest BCUT2D eigenvalue weighted by Gasteiger charge is -2.35. The summed E-state index contributed by atoms with van der Waals surface area (Å²) in [5, 5.41) is 4.64. The smallest absolute Gasteiger partial charge is 0.162 e. The number of ether oxygens (including phenoxy) is 2. The van der Waals surface area contributed by atoms with Crippen LogP contribution in [0.5, 0.6) is 0 Å². The van der Waals surface area contributed by atoms with E-state index in [1.807, 2.05) is 32.9 Å². The summed E-state index contributed by atoms with van der Waals surface area (Å²) in [6.45, 7) is 6.88. The first-order valence-electron chi connectivity index (χ1n) is 5.87. The van der Waals surface area contributed by atoms with Crippen LogP contribution >= 0.6 is 23.2 Å². The van der Waals surface area contributed by atoms with Gasteiger partial charge in [0.25, 0.3) is 0 Å². The molecule has 2 rings (SSSR count). The molecule has 0 unspecified atom stereocenters. The molecule has 1 saturated heterocycles. The number of benzene rings is 1. The monoisotopic (exact) mass is 289 g/mol. The maximum atomic E-state index is 6.17. The molecular weight excluding hydrogens is 273 g/mol. The molecule has 100 valence electrons. The molecule has 18 heavy (non-hydrogen) atoms. The van der Waals surface area contributed by atoms with E-state index in [4.69, 9.17) is 32.7 Å². The summed E-state index contributed by atoms with van der Waals surface area (Å²) < 4.78 is 11.2. The van der Waals surface area contributed by atoms with Crippen molar-refractivity contribution in [2.75, 3.05) is 18.5 Å². The second-order valence-corrected chi connectivity index (χ2v) is 5.76. The van der Waals surface area contributed by atoms with Gasteiger partial charge >= 0.3 is 0 Å². The van der Waals surface area contributed by atoms with Crippen LogP contribution in [0.3, 0.4) is 0 Å². The van der Waals surface area contributed by atoms with Crippen molar-refractivity contribution in [3.63, 3.8) is 0 Å². The standard InChI is InChI=1S/C13H17Cl2NO2/c1-8-4-11(15)12(5-10(8)14)16-9-6-17-13(2,3)18-7-9/h4-5,9,16H,6-7H2,1-3H3. The average molecular weight is 290 g/mol. The number of hydrogen-bond donors (Lipinski definition) is 1. The van der Waals surface area contributed by atoms with E-state index in [1.165, 1.54) is 0 Å². The lowest BCUT2D eigenvalue weighted by Crippen LogP contribution is -2.45. The molecule has 0 amide bonds. The topological polar surface area (TPSA) is 30.5 Å². The Morgan fingerprint density at radius 2 is 1.78 bits per heavy atom. The van der Waals surface area contributed by atoms with Crippen LogP contribution in [0.2, 0.25) is 10.0 Å². The van der Waals surface area contributed by atoms with E-state index in [0.29, 0.717) is 23.3 Å². The van der Waals surface area contributed by atoms with Gasteiger partial charge in [0.2, 0.25) is 0 Å². The maximum absolute atomic E-state index is 6.17. The Hall–Kier alpha value is -0.480. The van der Waals surface area contributed by atoms with Crippen LogP contribution < -0.4 is 5.32 Å². The molecule has 1 fully saturated rings. The Kier molecular flexibility index (Phi) is 4.07. The Bertz CT molecular complexity index is 439. The van der Waals surface area contributed by atoms with Gasteiger partial charge in [-0.2, -0.15) is 0 Å². The first-order chi connectivity index (χ1) is 8.37. The molecule has 0 atom stereocenters. The van der Waals surface area contributed by atoms with Crippen molar-refractivity contribution >= 4 is 28.9 Å². The van der Waals surface area contributed by atoms with Crippen LogP contribution in [0.25, 0.3) is 0 Å². The number of rotatable bonds is 2. The zero-order chi connectivity index (χ0) is 13.3. The maximum Gasteiger partial charge on any atom is 0.162 e. The van der Waals surface area contributed by atoms with E-state index in [1.54, 1.807) is 0 Å². The van der Waals surface area contributed by atoms with Crippen molar-refractivity contribution in [3.8, 4) is 0 Å². The summed E-state index contributed by atoms with van der Waals surface area (Å²) in [7, 11) is 0. The fraction of sp³-hybridized carbons (Fsp3) is 0.538. The van der Waals surface area contributed by atoms with Crippen molar-refractivity contribution < 1.29 is 9.47 Å². The van der Waals surface area contributed by atoms with Gasteiger partial charge in [-0.05, 0) is 38.5 Å². The first-order valence-corrected chi connectivity index (χ1v) is 6.63. The van der Waals surface area contributed by atoms with E-state index in [-0.39, 0.29) is 6.04 Å². The summed E-state index contributed by atoms with van der Waals surface area (Å²) in [6, 6.07) is 3.76. The highest BCUT2D eigenvalue weighted by Crippen LogP contribution is 2.30. The molecule has 1 aliphatic rings. The number of aryl methyl sites for hydroxylation is 1. The third-order valence-electron chi connectivity index (χ3n) is 2.87. The SMILES string of the molecule is Cc1cc(Cl)c(NC2COC(C)(C)OC2)cc1Cl. The summed E-state index contributed by atoms with van der Waals surface area (Å²) >= 11 is 12.3. The van der Waals surface area contributed by atoms with Crippen molar-refractivity contribution in [2.45, 2.75) is 32.6 Å². The highest BCUT2D eigenvalue weighted by atomic mass is 35.5. The van der Waals surface area contributed by atoms with Crippen molar-refractivity contribution in [2.24, 2.45) is 0 Å². The van der Waals surface area contributed by atoms with Crippen LogP contribution in [0.15, 0.2) is 12.1 Å². The molecule has 0 spiro atoms. The zero-order valence-corrected chi connectivity index (χ0v) is 12.2. The van der Waals surface area contributed by atoms with E-state index < -0.39 is 5.79 Å². The van der Waals surface area contributed by atoms with Crippen molar-refractivity contribution in [1.82, 2.24) is 0 Å². The van der Waals surface area contributed by atoms with Gasteiger partial charge in [0, 0.05) is 5.02 Å². The molecule has 0 saturated carbocycles. The number of halogens is 2. The zero-order valence-electron chi connectivity index (χ0n) is 10.7. The number of nitrogens with one attached hydrogen (secondary N) is 1. The molecule has 0 aromatic heterocycles. The Morgan fingerprint density at radius 1 is 1.17 bits per heavy atom. The summed E-state index contributed by atoms with van der Waals surface area (Å²) in [5.41, 5.74) is 1.77. The molecular formula is C13H17Cl2NO2. The quantitative estimate of drug-likeness (QED) is 0.897. The van der Waals surface area contributed by atoms with Crippen LogP contribution in [0.4, 0.5) is 5.69 Å². The van der Waals surface area contributed by atoms with Crippen LogP contribution in [-0.2, 0) is 9.47 Å². The van der Waals surface area contributed by atoms with Gasteiger partial charge < -0.3 is 14.8 Å². The van der Waals surface area contributed by atoms with Crippen LogP contribution in [0.1, 0.15) is 19.4 Å². The summed E-state index contributed by atoms with van der Waals surface area (Å²) in [4.78, 5) is 0. The van der Waals surface area contributed by atoms with Crippen molar-refractivity contribution in [1.29, 1.82) is 0 Å². The fourth-order valence-electron chi connectivity index (χ4n) is 1.75. The third kappa shape index (κ3) is 3.29. The highest BCUT2D eigenvalue weighted by Gasteiger charge is 2.28. The van der Waals surface area contributed by atoms with E-state index in [9.17, 15) is 0 Å². The first kappa shape index (κ1) is 13.9. The molecule has 1 aromatic carbocycles.